The van der Waals surface area contributed by atoms with Crippen LogP contribution in [0.3, 0.4) is 0 Å². The first-order valence-electron chi connectivity index (χ1n) is 6.42. The minimum Gasteiger partial charge on any atom is -0.481 e. The van der Waals surface area contributed by atoms with E-state index < -0.39 is 5.97 Å². The third-order valence-corrected chi connectivity index (χ3v) is 3.43. The Hall–Kier alpha value is -2.14. The number of carboxylic acids is 1. The number of hydrogen-bond acceptors (Lipinski definition) is 2. The predicted molar refractivity (Wildman–Crippen MR) is 84.5 cm³/mol. The van der Waals surface area contributed by atoms with Gasteiger partial charge >= 0.3 is 5.97 Å². The van der Waals surface area contributed by atoms with E-state index in [0.29, 0.717) is 11.3 Å². The number of benzene rings is 2. The standard InChI is InChI=1S/C16H14BrNO3/c17-13-6-4-5-12(11-13)16(21)18(10-9-15(19)20)14-7-2-1-3-8-14/h1-8,11H,9-10H2,(H,19,20). The summed E-state index contributed by atoms with van der Waals surface area (Å²) in [5, 5.41) is 8.86. The summed E-state index contributed by atoms with van der Waals surface area (Å²) in [7, 11) is 0. The van der Waals surface area contributed by atoms with Crippen LogP contribution in [0.1, 0.15) is 16.8 Å². The molecule has 0 atom stereocenters. The van der Waals surface area contributed by atoms with E-state index in [1.807, 2.05) is 24.3 Å². The van der Waals surface area contributed by atoms with Gasteiger partial charge in [0.1, 0.15) is 0 Å². The second kappa shape index (κ2) is 7.04. The highest BCUT2D eigenvalue weighted by Gasteiger charge is 2.18. The molecule has 1 N–H and O–H groups in total. The van der Waals surface area contributed by atoms with Gasteiger partial charge in [0.2, 0.25) is 0 Å². The van der Waals surface area contributed by atoms with Crippen LogP contribution >= 0.6 is 15.9 Å². The van der Waals surface area contributed by atoms with E-state index in [9.17, 15) is 9.59 Å². The van der Waals surface area contributed by atoms with Crippen molar-refractivity contribution in [1.82, 2.24) is 0 Å². The van der Waals surface area contributed by atoms with Crippen molar-refractivity contribution in [2.45, 2.75) is 6.42 Å². The first kappa shape index (κ1) is 15.3. The van der Waals surface area contributed by atoms with Crippen LogP contribution < -0.4 is 4.90 Å². The number of carbonyl (C=O) groups excluding carboxylic acids is 1. The maximum atomic E-state index is 12.6. The van der Waals surface area contributed by atoms with Crippen LogP contribution in [0.15, 0.2) is 59.1 Å². The monoisotopic (exact) mass is 347 g/mol. The van der Waals surface area contributed by atoms with Crippen molar-refractivity contribution >= 4 is 33.5 Å². The fraction of sp³-hybridized carbons (Fsp3) is 0.125. The van der Waals surface area contributed by atoms with Crippen LogP contribution in [-0.2, 0) is 4.79 Å². The second-order valence-electron chi connectivity index (χ2n) is 4.45. The van der Waals surface area contributed by atoms with Crippen molar-refractivity contribution in [1.29, 1.82) is 0 Å². The molecule has 4 nitrogen and oxygen atoms in total. The van der Waals surface area contributed by atoms with Crippen molar-refractivity contribution in [3.05, 3.63) is 64.6 Å². The molecule has 21 heavy (non-hydrogen) atoms. The third kappa shape index (κ3) is 4.16. The molecule has 5 heteroatoms. The molecule has 0 aliphatic rings. The van der Waals surface area contributed by atoms with Crippen LogP contribution in [0.4, 0.5) is 5.69 Å². The Morgan fingerprint density at radius 2 is 1.76 bits per heavy atom. The normalized spacial score (nSPS) is 10.1. The molecule has 0 bridgehead atoms. The Balaban J connectivity index is 2.30. The lowest BCUT2D eigenvalue weighted by atomic mass is 10.1. The highest BCUT2D eigenvalue weighted by atomic mass is 79.9. The summed E-state index contributed by atoms with van der Waals surface area (Å²) in [6.45, 7) is 0.130. The molecule has 2 aromatic carbocycles. The Bertz CT molecular complexity index is 643. The summed E-state index contributed by atoms with van der Waals surface area (Å²) in [5.74, 6) is -1.15. The number of aliphatic carboxylic acids is 1. The molecule has 0 aliphatic heterocycles. The number of para-hydroxylation sites is 1. The van der Waals surface area contributed by atoms with Gasteiger partial charge in [0, 0.05) is 22.3 Å². The van der Waals surface area contributed by atoms with Gasteiger partial charge in [0.25, 0.3) is 5.91 Å². The molecule has 0 spiro atoms. The molecular weight excluding hydrogens is 334 g/mol. The third-order valence-electron chi connectivity index (χ3n) is 2.93. The molecule has 108 valence electrons. The van der Waals surface area contributed by atoms with E-state index in [1.54, 1.807) is 30.3 Å². The minimum absolute atomic E-state index is 0.103. The number of anilines is 1. The topological polar surface area (TPSA) is 57.6 Å². The highest BCUT2D eigenvalue weighted by molar-refractivity contribution is 9.10. The molecule has 0 saturated carbocycles. The first-order valence-corrected chi connectivity index (χ1v) is 7.21. The van der Waals surface area contributed by atoms with Crippen LogP contribution in [0.25, 0.3) is 0 Å². The maximum Gasteiger partial charge on any atom is 0.305 e. The molecular formula is C16H14BrNO3. The van der Waals surface area contributed by atoms with Crippen LogP contribution in [0, 0.1) is 0 Å². The van der Waals surface area contributed by atoms with Gasteiger partial charge in [-0.3, -0.25) is 9.59 Å². The maximum absolute atomic E-state index is 12.6. The second-order valence-corrected chi connectivity index (χ2v) is 5.36. The molecule has 2 rings (SSSR count). The number of hydrogen-bond donors (Lipinski definition) is 1. The average Bonchev–Trinajstić information content (AvgIpc) is 2.48. The fourth-order valence-electron chi connectivity index (χ4n) is 1.94. The van der Waals surface area contributed by atoms with Gasteiger partial charge in [-0.25, -0.2) is 0 Å². The van der Waals surface area contributed by atoms with Crippen molar-refractivity contribution < 1.29 is 14.7 Å². The lowest BCUT2D eigenvalue weighted by molar-refractivity contribution is -0.136. The highest BCUT2D eigenvalue weighted by Crippen LogP contribution is 2.19. The summed E-state index contributed by atoms with van der Waals surface area (Å²) in [6, 6.07) is 16.1. The van der Waals surface area contributed by atoms with E-state index >= 15 is 0 Å². The molecule has 2 aromatic rings. The van der Waals surface area contributed by atoms with Crippen LogP contribution in [0.2, 0.25) is 0 Å². The number of amides is 1. The SMILES string of the molecule is O=C(O)CCN(C(=O)c1cccc(Br)c1)c1ccccc1. The zero-order chi connectivity index (χ0) is 15.2. The average molecular weight is 348 g/mol. The van der Waals surface area contributed by atoms with Gasteiger partial charge in [0.15, 0.2) is 0 Å². The number of halogens is 1. The molecule has 0 aromatic heterocycles. The number of carboxylic acid groups (broad SMARTS) is 1. The lowest BCUT2D eigenvalue weighted by Crippen LogP contribution is -2.33. The molecule has 0 fully saturated rings. The van der Waals surface area contributed by atoms with Crippen molar-refractivity contribution in [2.24, 2.45) is 0 Å². The van der Waals surface area contributed by atoms with Crippen molar-refractivity contribution in [2.75, 3.05) is 11.4 Å². The van der Waals surface area contributed by atoms with E-state index in [4.69, 9.17) is 5.11 Å². The van der Waals surface area contributed by atoms with Gasteiger partial charge in [-0.2, -0.15) is 0 Å². The molecule has 0 unspecified atom stereocenters. The fourth-order valence-corrected chi connectivity index (χ4v) is 2.34. The van der Waals surface area contributed by atoms with E-state index in [1.165, 1.54) is 4.90 Å². The summed E-state index contributed by atoms with van der Waals surface area (Å²) >= 11 is 3.33. The smallest absolute Gasteiger partial charge is 0.305 e. The van der Waals surface area contributed by atoms with Crippen molar-refractivity contribution in [3.63, 3.8) is 0 Å². The number of rotatable bonds is 5. The molecule has 0 aliphatic carbocycles. The number of carbonyl (C=O) groups is 2. The Labute approximate surface area is 131 Å². The summed E-state index contributed by atoms with van der Waals surface area (Å²) in [4.78, 5) is 24.9. The molecule has 1 amide bonds. The molecule has 0 saturated heterocycles. The Kier molecular flexibility index (Phi) is 5.11. The van der Waals surface area contributed by atoms with Crippen molar-refractivity contribution in [3.8, 4) is 0 Å². The minimum atomic E-state index is -0.932. The van der Waals surface area contributed by atoms with Crippen LogP contribution in [-0.4, -0.2) is 23.5 Å². The Morgan fingerprint density at radius 3 is 2.38 bits per heavy atom. The zero-order valence-corrected chi connectivity index (χ0v) is 12.8. The largest absolute Gasteiger partial charge is 0.481 e. The van der Waals surface area contributed by atoms with E-state index in [2.05, 4.69) is 15.9 Å². The summed E-state index contributed by atoms with van der Waals surface area (Å²) < 4.78 is 0.805. The van der Waals surface area contributed by atoms with Gasteiger partial charge in [-0.1, -0.05) is 40.2 Å². The van der Waals surface area contributed by atoms with E-state index in [0.717, 1.165) is 4.47 Å². The van der Waals surface area contributed by atoms with Gasteiger partial charge in [-0.15, -0.1) is 0 Å². The van der Waals surface area contributed by atoms with E-state index in [-0.39, 0.29) is 18.9 Å². The lowest BCUT2D eigenvalue weighted by Gasteiger charge is -2.22. The zero-order valence-electron chi connectivity index (χ0n) is 11.2. The molecule has 0 heterocycles. The predicted octanol–water partition coefficient (Wildman–Crippen LogP) is 3.57. The first-order chi connectivity index (χ1) is 10.1. The van der Waals surface area contributed by atoms with Gasteiger partial charge < -0.3 is 10.0 Å². The summed E-state index contributed by atoms with van der Waals surface area (Å²) in [6.07, 6.45) is -0.103. The molecule has 0 radical (unpaired) electrons. The number of nitrogens with zero attached hydrogens (tertiary/aromatic N) is 1. The van der Waals surface area contributed by atoms with Gasteiger partial charge in [0.05, 0.1) is 6.42 Å². The quantitative estimate of drug-likeness (QED) is 0.899. The van der Waals surface area contributed by atoms with Crippen LogP contribution in [0.5, 0.6) is 0 Å². The van der Waals surface area contributed by atoms with Gasteiger partial charge in [-0.05, 0) is 30.3 Å². The summed E-state index contributed by atoms with van der Waals surface area (Å²) in [5.41, 5.74) is 1.20. The Morgan fingerprint density at radius 1 is 1.05 bits per heavy atom.